The third kappa shape index (κ3) is 4.49. The van der Waals surface area contributed by atoms with E-state index in [0.29, 0.717) is 0 Å². The molecular formula is C23H21N3S2. The van der Waals surface area contributed by atoms with Gasteiger partial charge in [0.25, 0.3) is 0 Å². The largest absolute Gasteiger partial charge is 0.273 e. The van der Waals surface area contributed by atoms with Crippen molar-refractivity contribution in [3.05, 3.63) is 102 Å². The van der Waals surface area contributed by atoms with Gasteiger partial charge in [0.05, 0.1) is 5.75 Å². The predicted molar refractivity (Wildman–Crippen MR) is 118 cm³/mol. The van der Waals surface area contributed by atoms with Crippen molar-refractivity contribution in [3.63, 3.8) is 0 Å². The van der Waals surface area contributed by atoms with Crippen LogP contribution in [0.25, 0.3) is 5.69 Å². The maximum atomic E-state index is 4.51. The lowest BCUT2D eigenvalue weighted by Crippen LogP contribution is -2.02. The molecule has 0 unspecified atom stereocenters. The Morgan fingerprint density at radius 1 is 0.714 bits per heavy atom. The van der Waals surface area contributed by atoms with Crippen molar-refractivity contribution in [3.8, 4) is 5.69 Å². The molecule has 140 valence electrons. The van der Waals surface area contributed by atoms with Crippen LogP contribution in [0.4, 0.5) is 0 Å². The molecule has 0 amide bonds. The Hall–Kier alpha value is -2.50. The second kappa shape index (κ2) is 9.13. The van der Waals surface area contributed by atoms with Gasteiger partial charge in [0.2, 0.25) is 0 Å². The molecule has 0 aliphatic heterocycles. The number of aromatic nitrogens is 3. The molecule has 0 atom stereocenters. The number of aryl methyl sites for hydroxylation is 1. The summed E-state index contributed by atoms with van der Waals surface area (Å²) in [6.45, 7) is 2.15. The van der Waals surface area contributed by atoms with Gasteiger partial charge < -0.3 is 0 Å². The maximum Gasteiger partial charge on any atom is 0.196 e. The molecule has 0 aliphatic carbocycles. The molecule has 1 aromatic heterocycles. The van der Waals surface area contributed by atoms with Gasteiger partial charge in [0.15, 0.2) is 5.16 Å². The number of hydrogen-bond donors (Lipinski definition) is 0. The number of hydrogen-bond acceptors (Lipinski definition) is 4. The lowest BCUT2D eigenvalue weighted by molar-refractivity contribution is 0.864. The Bertz CT molecular complexity index is 1030. The highest BCUT2D eigenvalue weighted by Crippen LogP contribution is 2.29. The minimum atomic E-state index is 0.775. The minimum Gasteiger partial charge on any atom is -0.273 e. The number of benzene rings is 3. The fraction of sp³-hybridized carbons (Fsp3) is 0.130. The summed E-state index contributed by atoms with van der Waals surface area (Å²) in [4.78, 5) is 1.24. The molecule has 0 aliphatic rings. The summed E-state index contributed by atoms with van der Waals surface area (Å²) in [5.74, 6) is 2.62. The van der Waals surface area contributed by atoms with Crippen molar-refractivity contribution in [1.82, 2.24) is 14.8 Å². The Morgan fingerprint density at radius 3 is 2.14 bits per heavy atom. The van der Waals surface area contributed by atoms with Crippen LogP contribution in [0.15, 0.2) is 95.0 Å². The average Bonchev–Trinajstić information content (AvgIpc) is 3.16. The Morgan fingerprint density at radius 2 is 1.39 bits per heavy atom. The first-order chi connectivity index (χ1) is 13.8. The van der Waals surface area contributed by atoms with Gasteiger partial charge in [-0.1, -0.05) is 72.4 Å². The summed E-state index contributed by atoms with van der Waals surface area (Å²) < 4.78 is 2.18. The second-order valence-electron chi connectivity index (χ2n) is 6.39. The van der Waals surface area contributed by atoms with Gasteiger partial charge in [-0.3, -0.25) is 4.57 Å². The first kappa shape index (κ1) is 18.8. The van der Waals surface area contributed by atoms with E-state index in [1.165, 1.54) is 16.0 Å². The molecule has 0 N–H and O–H groups in total. The average molecular weight is 404 g/mol. The topological polar surface area (TPSA) is 30.7 Å². The molecule has 1 heterocycles. The quantitative estimate of drug-likeness (QED) is 0.346. The number of rotatable bonds is 7. The zero-order valence-electron chi connectivity index (χ0n) is 15.7. The van der Waals surface area contributed by atoms with Crippen LogP contribution in [-0.2, 0) is 11.5 Å². The second-order valence-corrected chi connectivity index (χ2v) is 8.38. The van der Waals surface area contributed by atoms with Gasteiger partial charge in [0, 0.05) is 16.3 Å². The molecule has 28 heavy (non-hydrogen) atoms. The third-order valence-electron chi connectivity index (χ3n) is 4.44. The van der Waals surface area contributed by atoms with Gasteiger partial charge in [-0.25, -0.2) is 0 Å². The van der Waals surface area contributed by atoms with E-state index < -0.39 is 0 Å². The van der Waals surface area contributed by atoms with Crippen LogP contribution in [0.3, 0.4) is 0 Å². The van der Waals surface area contributed by atoms with Crippen LogP contribution < -0.4 is 0 Å². The normalized spacial score (nSPS) is 10.9. The highest BCUT2D eigenvalue weighted by atomic mass is 32.2. The van der Waals surface area contributed by atoms with Gasteiger partial charge in [-0.15, -0.1) is 22.0 Å². The summed E-state index contributed by atoms with van der Waals surface area (Å²) in [7, 11) is 0. The lowest BCUT2D eigenvalue weighted by atomic mass is 10.1. The van der Waals surface area contributed by atoms with Crippen molar-refractivity contribution < 1.29 is 0 Å². The molecule has 5 heteroatoms. The Kier molecular flexibility index (Phi) is 6.14. The van der Waals surface area contributed by atoms with E-state index in [2.05, 4.69) is 94.5 Å². The van der Waals surface area contributed by atoms with Crippen molar-refractivity contribution in [2.24, 2.45) is 0 Å². The predicted octanol–water partition coefficient (Wildman–Crippen LogP) is 6.16. The van der Waals surface area contributed by atoms with Crippen molar-refractivity contribution in [2.45, 2.75) is 28.5 Å². The summed E-state index contributed by atoms with van der Waals surface area (Å²) >= 11 is 3.51. The zero-order chi connectivity index (χ0) is 19.2. The van der Waals surface area contributed by atoms with Crippen LogP contribution in [0, 0.1) is 6.92 Å². The van der Waals surface area contributed by atoms with E-state index in [-0.39, 0.29) is 0 Å². The van der Waals surface area contributed by atoms with E-state index in [1.807, 2.05) is 12.1 Å². The maximum absolute atomic E-state index is 4.51. The summed E-state index contributed by atoms with van der Waals surface area (Å²) in [5, 5.41) is 9.95. The summed E-state index contributed by atoms with van der Waals surface area (Å²) in [5.41, 5.74) is 3.74. The van der Waals surface area contributed by atoms with E-state index in [1.54, 1.807) is 23.5 Å². The lowest BCUT2D eigenvalue weighted by Gasteiger charge is -2.11. The molecule has 0 saturated heterocycles. The number of thioether (sulfide) groups is 2. The van der Waals surface area contributed by atoms with Crippen LogP contribution in [0.5, 0.6) is 0 Å². The Balaban J connectivity index is 1.59. The van der Waals surface area contributed by atoms with E-state index >= 15 is 0 Å². The SMILES string of the molecule is Cc1ccccc1CSc1nnc(CSc2ccccc2)n1-c1ccccc1. The van der Waals surface area contributed by atoms with Gasteiger partial charge in [0.1, 0.15) is 5.82 Å². The van der Waals surface area contributed by atoms with Crippen molar-refractivity contribution in [1.29, 1.82) is 0 Å². The third-order valence-corrected chi connectivity index (χ3v) is 6.43. The van der Waals surface area contributed by atoms with Gasteiger partial charge in [-0.05, 0) is 42.3 Å². The van der Waals surface area contributed by atoms with Gasteiger partial charge in [-0.2, -0.15) is 0 Å². The highest BCUT2D eigenvalue weighted by molar-refractivity contribution is 7.98. The molecule has 0 bridgehead atoms. The molecule has 0 radical (unpaired) electrons. The standard InChI is InChI=1S/C23H21N3S2/c1-18-10-8-9-11-19(18)16-28-23-25-24-22(17-27-21-14-6-3-7-15-21)26(23)20-12-4-2-5-13-20/h2-15H,16-17H2,1H3. The molecule has 0 saturated carbocycles. The van der Waals surface area contributed by atoms with Crippen molar-refractivity contribution >= 4 is 23.5 Å². The van der Waals surface area contributed by atoms with Crippen LogP contribution in [0.1, 0.15) is 17.0 Å². The molecular weight excluding hydrogens is 382 g/mol. The first-order valence-corrected chi connectivity index (χ1v) is 11.1. The van der Waals surface area contributed by atoms with Crippen LogP contribution in [-0.4, -0.2) is 14.8 Å². The molecule has 0 spiro atoms. The van der Waals surface area contributed by atoms with Crippen LogP contribution in [0.2, 0.25) is 0 Å². The fourth-order valence-electron chi connectivity index (χ4n) is 2.90. The molecule has 4 aromatic rings. The van der Waals surface area contributed by atoms with E-state index in [9.17, 15) is 0 Å². The smallest absolute Gasteiger partial charge is 0.196 e. The molecule has 0 fully saturated rings. The number of para-hydroxylation sites is 1. The summed E-state index contributed by atoms with van der Waals surface area (Å²) in [6, 6.07) is 29.3. The molecule has 4 rings (SSSR count). The zero-order valence-corrected chi connectivity index (χ0v) is 17.3. The number of nitrogens with zero attached hydrogens (tertiary/aromatic N) is 3. The molecule has 3 nitrogen and oxygen atoms in total. The van der Waals surface area contributed by atoms with Crippen LogP contribution >= 0.6 is 23.5 Å². The van der Waals surface area contributed by atoms with Crippen molar-refractivity contribution in [2.75, 3.05) is 0 Å². The minimum absolute atomic E-state index is 0.775. The first-order valence-electron chi connectivity index (χ1n) is 9.16. The summed E-state index contributed by atoms with van der Waals surface area (Å²) in [6.07, 6.45) is 0. The van der Waals surface area contributed by atoms with E-state index in [4.69, 9.17) is 0 Å². The molecule has 3 aromatic carbocycles. The highest BCUT2D eigenvalue weighted by Gasteiger charge is 2.15. The Labute approximate surface area is 174 Å². The monoisotopic (exact) mass is 403 g/mol. The fourth-order valence-corrected chi connectivity index (χ4v) is 4.78. The van der Waals surface area contributed by atoms with Gasteiger partial charge >= 0.3 is 0 Å². The van der Waals surface area contributed by atoms with E-state index in [0.717, 1.165) is 28.2 Å².